The van der Waals surface area contributed by atoms with Gasteiger partial charge < -0.3 is 9.64 Å². The van der Waals surface area contributed by atoms with Gasteiger partial charge in [-0.2, -0.15) is 11.3 Å². The predicted octanol–water partition coefficient (Wildman–Crippen LogP) is 1.79. The Morgan fingerprint density at radius 1 is 1.69 bits per heavy atom. The quantitative estimate of drug-likeness (QED) is 0.750. The number of ether oxygens (including phenoxy) is 1. The summed E-state index contributed by atoms with van der Waals surface area (Å²) >= 11 is 1.74. The lowest BCUT2D eigenvalue weighted by molar-refractivity contribution is -0.144. The standard InChI is InChI=1S/C12H17NO2S/c1-15-12(14)11-3-6-13(8-11)5-2-10-4-7-16-9-10/h4,7,9,11H,2-3,5-6,8H2,1H3. The van der Waals surface area contributed by atoms with Crippen LogP contribution in [0.2, 0.25) is 0 Å². The number of likely N-dealkylation sites (tertiary alicyclic amines) is 1. The van der Waals surface area contributed by atoms with E-state index in [0.717, 1.165) is 32.5 Å². The fourth-order valence-corrected chi connectivity index (χ4v) is 2.82. The topological polar surface area (TPSA) is 29.5 Å². The Kier molecular flexibility index (Phi) is 3.96. The molecule has 0 spiro atoms. The van der Waals surface area contributed by atoms with Crippen LogP contribution in [0.25, 0.3) is 0 Å². The van der Waals surface area contributed by atoms with E-state index < -0.39 is 0 Å². The van der Waals surface area contributed by atoms with E-state index >= 15 is 0 Å². The highest BCUT2D eigenvalue weighted by Gasteiger charge is 2.28. The van der Waals surface area contributed by atoms with Gasteiger partial charge in [-0.05, 0) is 41.8 Å². The van der Waals surface area contributed by atoms with Crippen LogP contribution in [0.3, 0.4) is 0 Å². The zero-order chi connectivity index (χ0) is 11.4. The van der Waals surface area contributed by atoms with Crippen LogP contribution in [0.15, 0.2) is 16.8 Å². The van der Waals surface area contributed by atoms with Crippen molar-refractivity contribution < 1.29 is 9.53 Å². The molecule has 3 nitrogen and oxygen atoms in total. The zero-order valence-corrected chi connectivity index (χ0v) is 10.3. The number of rotatable bonds is 4. The van der Waals surface area contributed by atoms with E-state index in [1.807, 2.05) is 0 Å². The molecular weight excluding hydrogens is 222 g/mol. The SMILES string of the molecule is COC(=O)C1CCN(CCc2ccsc2)C1. The third kappa shape index (κ3) is 2.83. The molecule has 4 heteroatoms. The molecule has 0 N–H and O–H groups in total. The van der Waals surface area contributed by atoms with Crippen molar-refractivity contribution in [3.8, 4) is 0 Å². The first-order chi connectivity index (χ1) is 7.79. The number of esters is 1. The first kappa shape index (κ1) is 11.6. The summed E-state index contributed by atoms with van der Waals surface area (Å²) in [5.41, 5.74) is 1.39. The second kappa shape index (κ2) is 5.46. The summed E-state index contributed by atoms with van der Waals surface area (Å²) < 4.78 is 4.77. The summed E-state index contributed by atoms with van der Waals surface area (Å²) in [6.45, 7) is 2.92. The number of carbonyl (C=O) groups is 1. The molecule has 0 aliphatic carbocycles. The number of nitrogens with zero attached hydrogens (tertiary/aromatic N) is 1. The maximum absolute atomic E-state index is 11.3. The van der Waals surface area contributed by atoms with Crippen molar-refractivity contribution in [2.45, 2.75) is 12.8 Å². The average molecular weight is 239 g/mol. The summed E-state index contributed by atoms with van der Waals surface area (Å²) in [6.07, 6.45) is 2.02. The number of carbonyl (C=O) groups excluding carboxylic acids is 1. The summed E-state index contributed by atoms with van der Waals surface area (Å²) in [6, 6.07) is 2.17. The van der Waals surface area contributed by atoms with Crippen molar-refractivity contribution in [1.29, 1.82) is 0 Å². The first-order valence-corrected chi connectivity index (χ1v) is 6.55. The molecule has 0 bridgehead atoms. The van der Waals surface area contributed by atoms with Crippen LogP contribution >= 0.6 is 11.3 Å². The van der Waals surface area contributed by atoms with Gasteiger partial charge in [0.25, 0.3) is 0 Å². The minimum Gasteiger partial charge on any atom is -0.469 e. The molecule has 1 aromatic rings. The van der Waals surface area contributed by atoms with Gasteiger partial charge in [0, 0.05) is 13.1 Å². The van der Waals surface area contributed by atoms with Crippen molar-refractivity contribution in [3.63, 3.8) is 0 Å². The van der Waals surface area contributed by atoms with Gasteiger partial charge in [0.05, 0.1) is 13.0 Å². The lowest BCUT2D eigenvalue weighted by Crippen LogP contribution is -2.25. The van der Waals surface area contributed by atoms with Crippen LogP contribution in [-0.4, -0.2) is 37.6 Å². The summed E-state index contributed by atoms with van der Waals surface area (Å²) in [5.74, 6) is 0.0329. The number of hydrogen-bond donors (Lipinski definition) is 0. The Morgan fingerprint density at radius 3 is 3.25 bits per heavy atom. The molecule has 88 valence electrons. The van der Waals surface area contributed by atoms with Gasteiger partial charge in [0.2, 0.25) is 0 Å². The molecule has 1 aliphatic rings. The van der Waals surface area contributed by atoms with Crippen LogP contribution < -0.4 is 0 Å². The zero-order valence-electron chi connectivity index (χ0n) is 9.52. The third-order valence-corrected chi connectivity index (χ3v) is 3.84. The Hall–Kier alpha value is -0.870. The molecule has 0 amide bonds. The second-order valence-electron chi connectivity index (χ2n) is 4.19. The predicted molar refractivity (Wildman–Crippen MR) is 64.6 cm³/mol. The van der Waals surface area contributed by atoms with Crippen LogP contribution in [0.5, 0.6) is 0 Å². The maximum Gasteiger partial charge on any atom is 0.310 e. The van der Waals surface area contributed by atoms with Gasteiger partial charge in [-0.1, -0.05) is 0 Å². The van der Waals surface area contributed by atoms with E-state index in [0.29, 0.717) is 0 Å². The lowest BCUT2D eigenvalue weighted by Gasteiger charge is -2.14. The van der Waals surface area contributed by atoms with Gasteiger partial charge >= 0.3 is 5.97 Å². The molecular formula is C12H17NO2S. The van der Waals surface area contributed by atoms with Crippen LogP contribution in [-0.2, 0) is 16.0 Å². The smallest absolute Gasteiger partial charge is 0.310 e. The van der Waals surface area contributed by atoms with E-state index in [1.54, 1.807) is 11.3 Å². The van der Waals surface area contributed by atoms with Gasteiger partial charge in [-0.3, -0.25) is 4.79 Å². The van der Waals surface area contributed by atoms with Gasteiger partial charge in [0.15, 0.2) is 0 Å². The third-order valence-electron chi connectivity index (χ3n) is 3.10. The van der Waals surface area contributed by atoms with Crippen LogP contribution in [0.1, 0.15) is 12.0 Å². The minimum atomic E-state index is -0.0574. The van der Waals surface area contributed by atoms with Gasteiger partial charge in [-0.25, -0.2) is 0 Å². The molecule has 2 rings (SSSR count). The minimum absolute atomic E-state index is 0.0574. The monoisotopic (exact) mass is 239 g/mol. The van der Waals surface area contributed by atoms with Crippen molar-refractivity contribution in [1.82, 2.24) is 4.90 Å². The Morgan fingerprint density at radius 2 is 2.56 bits per heavy atom. The van der Waals surface area contributed by atoms with Gasteiger partial charge in [-0.15, -0.1) is 0 Å². The molecule has 1 aliphatic heterocycles. The molecule has 1 unspecified atom stereocenters. The average Bonchev–Trinajstić information content (AvgIpc) is 2.96. The molecule has 0 radical (unpaired) electrons. The van der Waals surface area contributed by atoms with Crippen LogP contribution in [0.4, 0.5) is 0 Å². The van der Waals surface area contributed by atoms with E-state index in [1.165, 1.54) is 12.7 Å². The van der Waals surface area contributed by atoms with Crippen molar-refractivity contribution in [2.75, 3.05) is 26.7 Å². The van der Waals surface area contributed by atoms with E-state index in [4.69, 9.17) is 4.74 Å². The largest absolute Gasteiger partial charge is 0.469 e. The fourth-order valence-electron chi connectivity index (χ4n) is 2.12. The van der Waals surface area contributed by atoms with E-state index in [9.17, 15) is 4.79 Å². The van der Waals surface area contributed by atoms with Crippen LogP contribution in [0, 0.1) is 5.92 Å². The number of hydrogen-bond acceptors (Lipinski definition) is 4. The first-order valence-electron chi connectivity index (χ1n) is 5.61. The highest BCUT2D eigenvalue weighted by atomic mass is 32.1. The molecule has 1 atom stereocenters. The highest BCUT2D eigenvalue weighted by Crippen LogP contribution is 2.18. The Balaban J connectivity index is 1.75. The molecule has 0 aromatic carbocycles. The summed E-state index contributed by atoms with van der Waals surface area (Å²) in [7, 11) is 1.47. The van der Waals surface area contributed by atoms with Crippen molar-refractivity contribution in [2.24, 2.45) is 5.92 Å². The van der Waals surface area contributed by atoms with Gasteiger partial charge in [0.1, 0.15) is 0 Å². The van der Waals surface area contributed by atoms with E-state index in [-0.39, 0.29) is 11.9 Å². The maximum atomic E-state index is 11.3. The summed E-state index contributed by atoms with van der Waals surface area (Å²) in [4.78, 5) is 13.7. The molecule has 0 saturated carbocycles. The molecule has 1 fully saturated rings. The normalized spacial score (nSPS) is 21.2. The number of thiophene rings is 1. The molecule has 16 heavy (non-hydrogen) atoms. The molecule has 1 aromatic heterocycles. The fraction of sp³-hybridized carbons (Fsp3) is 0.583. The van der Waals surface area contributed by atoms with Crippen molar-refractivity contribution >= 4 is 17.3 Å². The highest BCUT2D eigenvalue weighted by molar-refractivity contribution is 7.07. The molecule has 2 heterocycles. The second-order valence-corrected chi connectivity index (χ2v) is 4.97. The molecule has 1 saturated heterocycles. The Bertz CT molecular complexity index is 337. The van der Waals surface area contributed by atoms with Crippen molar-refractivity contribution in [3.05, 3.63) is 22.4 Å². The summed E-state index contributed by atoms with van der Waals surface area (Å²) in [5, 5.41) is 4.30. The lowest BCUT2D eigenvalue weighted by atomic mass is 10.1. The Labute approximate surface area is 100 Å². The van der Waals surface area contributed by atoms with E-state index in [2.05, 4.69) is 21.7 Å². The number of methoxy groups -OCH3 is 1.